The highest BCUT2D eigenvalue weighted by atomic mass is 31.2. The van der Waals surface area contributed by atoms with E-state index < -0.39 is 32.5 Å². The Morgan fingerprint density at radius 2 is 1.18 bits per heavy atom. The number of carbonyl (C=O) groups excluding carboxylic acids is 2. The molecule has 1 saturated heterocycles. The summed E-state index contributed by atoms with van der Waals surface area (Å²) in [5.74, 6) is -0.887. The van der Waals surface area contributed by atoms with Crippen LogP contribution in [0.4, 0.5) is 0 Å². The molecule has 4 atom stereocenters. The van der Waals surface area contributed by atoms with Gasteiger partial charge >= 0.3 is 19.8 Å². The molecule has 0 spiro atoms. The van der Waals surface area contributed by atoms with E-state index in [0.717, 1.165) is 64.2 Å². The molecule has 0 saturated carbocycles. The van der Waals surface area contributed by atoms with Gasteiger partial charge in [0.25, 0.3) is 0 Å². The first kappa shape index (κ1) is 52.7. The summed E-state index contributed by atoms with van der Waals surface area (Å²) in [7, 11) is 1.42. The first-order valence-corrected chi connectivity index (χ1v) is 23.6. The van der Waals surface area contributed by atoms with Gasteiger partial charge in [-0.05, 0) is 77.0 Å². The average molecular weight is 823 g/mol. The van der Waals surface area contributed by atoms with Gasteiger partial charge in [0, 0.05) is 12.8 Å². The Balaban J connectivity index is 2.34. The first-order chi connectivity index (χ1) is 27.5. The number of rotatable bonds is 38. The lowest BCUT2D eigenvalue weighted by molar-refractivity contribution is -0.870. The number of epoxide rings is 1. The molecule has 1 N–H and O–H groups in total. The van der Waals surface area contributed by atoms with Gasteiger partial charge < -0.3 is 23.6 Å². The van der Waals surface area contributed by atoms with Crippen LogP contribution in [0.2, 0.25) is 0 Å². The summed E-state index contributed by atoms with van der Waals surface area (Å²) in [5, 5.41) is 0. The number of unbranched alkanes of at least 4 members (excludes halogenated alkanes) is 12. The maximum absolute atomic E-state index is 12.7. The number of hydrogen-bond donors (Lipinski definition) is 1. The van der Waals surface area contributed by atoms with E-state index in [2.05, 4.69) is 68.5 Å². The van der Waals surface area contributed by atoms with E-state index in [1.165, 1.54) is 44.9 Å². The predicted molar refractivity (Wildman–Crippen MR) is 233 cm³/mol. The number of allylic oxidation sites excluding steroid dienone is 8. The Hall–Kier alpha value is -2.33. The van der Waals surface area contributed by atoms with Crippen molar-refractivity contribution in [3.05, 3.63) is 60.8 Å². The van der Waals surface area contributed by atoms with E-state index in [0.29, 0.717) is 42.5 Å². The minimum absolute atomic E-state index is 0.0147. The minimum Gasteiger partial charge on any atom is -0.462 e. The van der Waals surface area contributed by atoms with Crippen LogP contribution in [-0.4, -0.2) is 87.1 Å². The molecule has 10 nitrogen and oxygen atoms in total. The number of phosphoric acid groups is 1. The van der Waals surface area contributed by atoms with Crippen LogP contribution in [0.1, 0.15) is 155 Å². The summed E-state index contributed by atoms with van der Waals surface area (Å²) in [4.78, 5) is 35.4. The SMILES string of the molecule is CC/C=C\C/C=C\CC1OC1C/C=C\C/C=C\CCCC(=O)OC(COC(=O)CCCCCCC/C=C\CCCCCCCC)COP(=O)(O)OCC[N+](C)(C)C. The standard InChI is InChI=1S/C46H80NO9P/c1-6-8-10-12-14-15-16-17-18-19-20-21-24-28-32-36-45(48)52-40-42(41-54-57(50,51)53-39-38-47(3,4)5)55-46(49)37-33-29-25-22-23-27-31-35-44-43(56-44)34-30-26-13-11-9-7-2/h9,11,17-18,22,25-27,30-31,42-44H,6-8,10,12-16,19-21,23-24,28-29,32-41H2,1-5H3/p+1/b11-9-,18-17-,25-22-,30-26-,31-27-. The fourth-order valence-electron chi connectivity index (χ4n) is 5.85. The summed E-state index contributed by atoms with van der Waals surface area (Å²) in [6.45, 7) is 4.20. The molecule has 1 fully saturated rings. The molecule has 0 aromatic heterocycles. The summed E-state index contributed by atoms with van der Waals surface area (Å²) in [6.07, 6.45) is 43.1. The van der Waals surface area contributed by atoms with Gasteiger partial charge in [-0.1, -0.05) is 126 Å². The second kappa shape index (κ2) is 34.5. The van der Waals surface area contributed by atoms with Crippen molar-refractivity contribution < 1.29 is 46.8 Å². The van der Waals surface area contributed by atoms with E-state index in [4.69, 9.17) is 23.3 Å². The van der Waals surface area contributed by atoms with E-state index in [-0.39, 0.29) is 26.1 Å². The van der Waals surface area contributed by atoms with Crippen molar-refractivity contribution in [2.45, 2.75) is 173 Å². The van der Waals surface area contributed by atoms with Crippen molar-refractivity contribution in [1.29, 1.82) is 0 Å². The first-order valence-electron chi connectivity index (χ1n) is 22.1. The lowest BCUT2D eigenvalue weighted by atomic mass is 10.1. The monoisotopic (exact) mass is 823 g/mol. The van der Waals surface area contributed by atoms with Crippen molar-refractivity contribution in [3.63, 3.8) is 0 Å². The van der Waals surface area contributed by atoms with Crippen LogP contribution in [0.5, 0.6) is 0 Å². The molecule has 0 aromatic carbocycles. The highest BCUT2D eigenvalue weighted by molar-refractivity contribution is 7.47. The third-order valence-corrected chi connectivity index (χ3v) is 10.4. The van der Waals surface area contributed by atoms with Crippen LogP contribution in [0.3, 0.4) is 0 Å². The molecular weight excluding hydrogens is 741 g/mol. The second-order valence-corrected chi connectivity index (χ2v) is 17.5. The maximum atomic E-state index is 12.7. The van der Waals surface area contributed by atoms with E-state index in [1.54, 1.807) is 0 Å². The van der Waals surface area contributed by atoms with Gasteiger partial charge in [0.15, 0.2) is 6.10 Å². The molecular formula is C46H81NO9P+. The third kappa shape index (κ3) is 35.3. The Morgan fingerprint density at radius 3 is 1.79 bits per heavy atom. The molecule has 4 unspecified atom stereocenters. The Labute approximate surface area is 347 Å². The van der Waals surface area contributed by atoms with Gasteiger partial charge in [-0.25, -0.2) is 4.57 Å². The predicted octanol–water partition coefficient (Wildman–Crippen LogP) is 11.5. The Morgan fingerprint density at radius 1 is 0.649 bits per heavy atom. The van der Waals surface area contributed by atoms with Crippen molar-refractivity contribution in [1.82, 2.24) is 0 Å². The van der Waals surface area contributed by atoms with E-state index in [9.17, 15) is 19.0 Å². The molecule has 0 amide bonds. The third-order valence-electron chi connectivity index (χ3n) is 9.43. The highest BCUT2D eigenvalue weighted by Crippen LogP contribution is 2.43. The second-order valence-electron chi connectivity index (χ2n) is 16.1. The number of phosphoric ester groups is 1. The molecule has 0 aromatic rings. The van der Waals surface area contributed by atoms with Crippen LogP contribution in [0.25, 0.3) is 0 Å². The summed E-state index contributed by atoms with van der Waals surface area (Å²) >= 11 is 0. The minimum atomic E-state index is -4.40. The lowest BCUT2D eigenvalue weighted by Gasteiger charge is -2.24. The molecule has 1 rings (SSSR count). The molecule has 57 heavy (non-hydrogen) atoms. The smallest absolute Gasteiger partial charge is 0.462 e. The van der Waals surface area contributed by atoms with Gasteiger partial charge in [-0.3, -0.25) is 18.6 Å². The zero-order valence-electron chi connectivity index (χ0n) is 36.5. The average Bonchev–Trinajstić information content (AvgIpc) is 3.92. The fourth-order valence-corrected chi connectivity index (χ4v) is 6.59. The Bertz CT molecular complexity index is 1220. The molecule has 1 aliphatic heterocycles. The van der Waals surface area contributed by atoms with Crippen LogP contribution in [0, 0.1) is 0 Å². The number of hydrogen-bond acceptors (Lipinski definition) is 8. The van der Waals surface area contributed by atoms with Crippen molar-refractivity contribution in [2.75, 3.05) is 47.5 Å². The zero-order valence-corrected chi connectivity index (χ0v) is 37.4. The lowest BCUT2D eigenvalue weighted by Crippen LogP contribution is -2.37. The maximum Gasteiger partial charge on any atom is 0.472 e. The van der Waals surface area contributed by atoms with Gasteiger partial charge in [0.05, 0.1) is 40.0 Å². The van der Waals surface area contributed by atoms with Crippen molar-refractivity contribution in [3.8, 4) is 0 Å². The highest BCUT2D eigenvalue weighted by Gasteiger charge is 2.36. The fraction of sp³-hybridized carbons (Fsp3) is 0.739. The summed E-state index contributed by atoms with van der Waals surface area (Å²) in [5.41, 5.74) is 0. The van der Waals surface area contributed by atoms with Crippen LogP contribution < -0.4 is 0 Å². The van der Waals surface area contributed by atoms with Gasteiger partial charge in [0.1, 0.15) is 19.8 Å². The molecule has 1 heterocycles. The van der Waals surface area contributed by atoms with Crippen molar-refractivity contribution >= 4 is 19.8 Å². The number of esters is 2. The molecule has 1 aliphatic rings. The number of likely N-dealkylation sites (N-methyl/N-ethyl adjacent to an activating group) is 1. The van der Waals surface area contributed by atoms with E-state index >= 15 is 0 Å². The van der Waals surface area contributed by atoms with Crippen LogP contribution in [0.15, 0.2) is 60.8 Å². The van der Waals surface area contributed by atoms with Crippen molar-refractivity contribution in [2.24, 2.45) is 0 Å². The normalized spacial score (nSPS) is 17.7. The quantitative estimate of drug-likeness (QED) is 0.0162. The summed E-state index contributed by atoms with van der Waals surface area (Å²) in [6, 6.07) is 0. The van der Waals surface area contributed by atoms with Gasteiger partial charge in [-0.15, -0.1) is 0 Å². The largest absolute Gasteiger partial charge is 0.472 e. The number of carbonyl (C=O) groups is 2. The molecule has 0 bridgehead atoms. The molecule has 11 heteroatoms. The molecule has 0 radical (unpaired) electrons. The van der Waals surface area contributed by atoms with E-state index in [1.807, 2.05) is 27.2 Å². The number of ether oxygens (including phenoxy) is 3. The number of nitrogens with zero attached hydrogens (tertiary/aromatic N) is 1. The van der Waals surface area contributed by atoms with Gasteiger partial charge in [0.2, 0.25) is 0 Å². The topological polar surface area (TPSA) is 121 Å². The van der Waals surface area contributed by atoms with Crippen LogP contribution >= 0.6 is 7.82 Å². The molecule has 0 aliphatic carbocycles. The Kier molecular flexibility index (Phi) is 31.9. The zero-order chi connectivity index (χ0) is 41.9. The number of quaternary nitrogens is 1. The van der Waals surface area contributed by atoms with Crippen LogP contribution in [-0.2, 0) is 37.4 Å². The van der Waals surface area contributed by atoms with Gasteiger partial charge in [-0.2, -0.15) is 0 Å². The molecule has 328 valence electrons. The summed E-state index contributed by atoms with van der Waals surface area (Å²) < 4.78 is 40.0.